The molecule has 3 rings (SSSR count). The zero-order valence-electron chi connectivity index (χ0n) is 13.2. The van der Waals surface area contributed by atoms with Gasteiger partial charge in [-0.15, -0.1) is 12.4 Å². The third-order valence-corrected chi connectivity index (χ3v) is 4.82. The predicted molar refractivity (Wildman–Crippen MR) is 92.2 cm³/mol. The quantitative estimate of drug-likeness (QED) is 0.860. The van der Waals surface area contributed by atoms with Gasteiger partial charge in [-0.2, -0.15) is 0 Å². The third-order valence-electron chi connectivity index (χ3n) is 4.82. The second-order valence-corrected chi connectivity index (χ2v) is 6.54. The fraction of sp³-hybridized carbons (Fsp3) is 0.667. The van der Waals surface area contributed by atoms with E-state index in [4.69, 9.17) is 0 Å². The Morgan fingerprint density at radius 3 is 2.29 bits per heavy atom. The molecule has 1 saturated heterocycles. The molecule has 1 aromatic carbocycles. The highest BCUT2D eigenvalue weighted by molar-refractivity contribution is 5.85. The van der Waals surface area contributed by atoms with Crippen molar-refractivity contribution in [3.63, 3.8) is 0 Å². The van der Waals surface area contributed by atoms with E-state index in [9.17, 15) is 0 Å². The summed E-state index contributed by atoms with van der Waals surface area (Å²) in [7, 11) is 0. The zero-order chi connectivity index (χ0) is 13.8. The van der Waals surface area contributed by atoms with Gasteiger partial charge in [-0.25, -0.2) is 0 Å². The molecule has 0 atom stereocenters. The number of hydrogen-bond donors (Lipinski definition) is 1. The Morgan fingerprint density at radius 2 is 1.71 bits per heavy atom. The highest BCUT2D eigenvalue weighted by Crippen LogP contribution is 2.39. The smallest absolute Gasteiger partial charge is 0.0233 e. The van der Waals surface area contributed by atoms with Gasteiger partial charge in [-0.1, -0.05) is 31.2 Å². The van der Waals surface area contributed by atoms with Crippen molar-refractivity contribution < 1.29 is 0 Å². The Balaban J connectivity index is 0.00000161. The average Bonchev–Trinajstić information content (AvgIpc) is 3.32. The number of nitrogens with zero attached hydrogens (tertiary/aromatic N) is 1. The molecular weight excluding hydrogens is 280 g/mol. The van der Waals surface area contributed by atoms with E-state index in [-0.39, 0.29) is 12.4 Å². The van der Waals surface area contributed by atoms with Crippen molar-refractivity contribution in [1.29, 1.82) is 0 Å². The molecule has 0 unspecified atom stereocenters. The Bertz CT molecular complexity index is 406. The predicted octanol–water partition coefficient (Wildman–Crippen LogP) is 3.81. The second-order valence-electron chi connectivity index (χ2n) is 6.54. The molecule has 0 spiro atoms. The van der Waals surface area contributed by atoms with Gasteiger partial charge in [-0.3, -0.25) is 4.90 Å². The van der Waals surface area contributed by atoms with Crippen LogP contribution in [0.4, 0.5) is 0 Å². The van der Waals surface area contributed by atoms with Crippen LogP contribution in [0, 0.1) is 5.92 Å². The Kier molecular flexibility index (Phi) is 6.53. The van der Waals surface area contributed by atoms with Crippen molar-refractivity contribution in [2.24, 2.45) is 5.92 Å². The summed E-state index contributed by atoms with van der Waals surface area (Å²) < 4.78 is 0. The number of rotatable bonds is 6. The molecule has 2 aliphatic rings. The molecule has 1 N–H and O–H groups in total. The van der Waals surface area contributed by atoms with E-state index < -0.39 is 0 Å². The first-order valence-electron chi connectivity index (χ1n) is 8.37. The minimum atomic E-state index is 0. The maximum absolute atomic E-state index is 3.49. The lowest BCUT2D eigenvalue weighted by atomic mass is 9.96. The van der Waals surface area contributed by atoms with Crippen molar-refractivity contribution in [1.82, 2.24) is 10.2 Å². The molecule has 1 aliphatic carbocycles. The van der Waals surface area contributed by atoms with Gasteiger partial charge in [0.05, 0.1) is 0 Å². The first kappa shape index (κ1) is 16.8. The molecule has 1 aliphatic heterocycles. The molecule has 2 fully saturated rings. The minimum Gasteiger partial charge on any atom is -0.317 e. The SMILES string of the molecule is CCNCC1CCN(Cc2ccc(C3CC3)cc2)CC1.Cl. The summed E-state index contributed by atoms with van der Waals surface area (Å²) in [6, 6.07) is 9.40. The van der Waals surface area contributed by atoms with Crippen LogP contribution in [0.3, 0.4) is 0 Å². The van der Waals surface area contributed by atoms with Crippen LogP contribution in [0.25, 0.3) is 0 Å². The molecule has 0 aromatic heterocycles. The van der Waals surface area contributed by atoms with Crippen molar-refractivity contribution >= 4 is 12.4 Å². The van der Waals surface area contributed by atoms with Crippen molar-refractivity contribution in [2.45, 2.75) is 45.1 Å². The van der Waals surface area contributed by atoms with Gasteiger partial charge in [-0.05, 0) is 74.8 Å². The number of nitrogens with one attached hydrogen (secondary N) is 1. The average molecular weight is 309 g/mol. The largest absolute Gasteiger partial charge is 0.317 e. The molecule has 1 heterocycles. The number of hydrogen-bond acceptors (Lipinski definition) is 2. The molecule has 3 heteroatoms. The lowest BCUT2D eigenvalue weighted by Crippen LogP contribution is -2.36. The number of piperidine rings is 1. The van der Waals surface area contributed by atoms with Gasteiger partial charge in [0.1, 0.15) is 0 Å². The lowest BCUT2D eigenvalue weighted by Gasteiger charge is -2.32. The van der Waals surface area contributed by atoms with Crippen molar-refractivity contribution in [3.05, 3.63) is 35.4 Å². The van der Waals surface area contributed by atoms with Crippen LogP contribution in [-0.2, 0) is 6.54 Å². The fourth-order valence-corrected chi connectivity index (χ4v) is 3.27. The number of benzene rings is 1. The van der Waals surface area contributed by atoms with Crippen LogP contribution in [0.2, 0.25) is 0 Å². The fourth-order valence-electron chi connectivity index (χ4n) is 3.27. The van der Waals surface area contributed by atoms with Crippen LogP contribution in [-0.4, -0.2) is 31.1 Å². The summed E-state index contributed by atoms with van der Waals surface area (Å²) in [4.78, 5) is 2.62. The summed E-state index contributed by atoms with van der Waals surface area (Å²) in [5, 5.41) is 3.49. The topological polar surface area (TPSA) is 15.3 Å². The van der Waals surface area contributed by atoms with E-state index in [1.165, 1.54) is 50.9 Å². The Morgan fingerprint density at radius 1 is 1.05 bits per heavy atom. The number of likely N-dealkylation sites (tertiary alicyclic amines) is 1. The molecule has 0 amide bonds. The normalized spacial score (nSPS) is 20.2. The molecule has 21 heavy (non-hydrogen) atoms. The molecule has 0 radical (unpaired) electrons. The Hall–Kier alpha value is -0.570. The summed E-state index contributed by atoms with van der Waals surface area (Å²) in [5.41, 5.74) is 3.04. The molecule has 2 nitrogen and oxygen atoms in total. The van der Waals surface area contributed by atoms with Gasteiger partial charge in [0.15, 0.2) is 0 Å². The first-order chi connectivity index (χ1) is 9.85. The van der Waals surface area contributed by atoms with Gasteiger partial charge in [0.2, 0.25) is 0 Å². The van der Waals surface area contributed by atoms with E-state index in [0.717, 1.165) is 24.9 Å². The van der Waals surface area contributed by atoms with Crippen molar-refractivity contribution in [2.75, 3.05) is 26.2 Å². The highest BCUT2D eigenvalue weighted by atomic mass is 35.5. The Labute approximate surface area is 135 Å². The standard InChI is InChI=1S/C18H28N2.ClH/c1-2-19-13-15-9-11-20(12-10-15)14-16-3-5-17(6-4-16)18-7-8-18;/h3-6,15,18-19H,2,7-14H2,1H3;1H. The van der Waals surface area contributed by atoms with Crippen LogP contribution in [0.15, 0.2) is 24.3 Å². The number of halogens is 1. The maximum Gasteiger partial charge on any atom is 0.0233 e. The summed E-state index contributed by atoms with van der Waals surface area (Å²) >= 11 is 0. The van der Waals surface area contributed by atoms with Crippen LogP contribution in [0.1, 0.15) is 49.7 Å². The van der Waals surface area contributed by atoms with E-state index in [1.807, 2.05) is 0 Å². The van der Waals surface area contributed by atoms with Crippen molar-refractivity contribution in [3.8, 4) is 0 Å². The van der Waals surface area contributed by atoms with E-state index in [2.05, 4.69) is 41.4 Å². The maximum atomic E-state index is 3.49. The second kappa shape index (κ2) is 8.17. The third kappa shape index (κ3) is 4.98. The van der Waals surface area contributed by atoms with E-state index in [1.54, 1.807) is 5.56 Å². The molecule has 0 bridgehead atoms. The lowest BCUT2D eigenvalue weighted by molar-refractivity contribution is 0.176. The summed E-state index contributed by atoms with van der Waals surface area (Å²) in [6.45, 7) is 8.17. The van der Waals surface area contributed by atoms with E-state index in [0.29, 0.717) is 0 Å². The van der Waals surface area contributed by atoms with E-state index >= 15 is 0 Å². The highest BCUT2D eigenvalue weighted by Gasteiger charge is 2.23. The first-order valence-corrected chi connectivity index (χ1v) is 8.37. The summed E-state index contributed by atoms with van der Waals surface area (Å²) in [5.74, 6) is 1.77. The molecule has 1 saturated carbocycles. The van der Waals surface area contributed by atoms with Crippen LogP contribution in [0.5, 0.6) is 0 Å². The monoisotopic (exact) mass is 308 g/mol. The van der Waals surface area contributed by atoms with Crippen LogP contribution >= 0.6 is 12.4 Å². The van der Waals surface area contributed by atoms with Gasteiger partial charge in [0.25, 0.3) is 0 Å². The van der Waals surface area contributed by atoms with Gasteiger partial charge in [0, 0.05) is 6.54 Å². The van der Waals surface area contributed by atoms with Gasteiger partial charge >= 0.3 is 0 Å². The minimum absolute atomic E-state index is 0. The van der Waals surface area contributed by atoms with Gasteiger partial charge < -0.3 is 5.32 Å². The molecule has 1 aromatic rings. The summed E-state index contributed by atoms with van der Waals surface area (Å²) in [6.07, 6.45) is 5.51. The molecule has 118 valence electrons. The molecular formula is C18H29ClN2. The zero-order valence-corrected chi connectivity index (χ0v) is 14.0. The van der Waals surface area contributed by atoms with Crippen LogP contribution < -0.4 is 5.32 Å².